The molecule has 0 heteroatoms. The molecule has 0 radical (unpaired) electrons. The van der Waals surface area contributed by atoms with Crippen LogP contribution in [-0.4, -0.2) is 0 Å². The van der Waals surface area contributed by atoms with Gasteiger partial charge in [0.15, 0.2) is 0 Å². The highest BCUT2D eigenvalue weighted by molar-refractivity contribution is 5.39. The van der Waals surface area contributed by atoms with Crippen LogP contribution in [0.5, 0.6) is 0 Å². The number of hydrogen-bond acceptors (Lipinski definition) is 0. The molecular weight excluding hydrogens is 180 g/mol. The zero-order valence-electron chi connectivity index (χ0n) is 11.3. The Labute approximate surface area is 95.7 Å². The molecule has 1 aromatic carbocycles. The highest BCUT2D eigenvalue weighted by Gasteiger charge is 2.04. The first kappa shape index (κ1) is 14.2. The second-order valence-corrected chi connectivity index (χ2v) is 3.75. The summed E-state index contributed by atoms with van der Waals surface area (Å²) in [6.45, 7) is 12.9. The fraction of sp³-hybridized carbons (Fsp3) is 0.600. The first-order chi connectivity index (χ1) is 7.20. The number of benzene rings is 1. The van der Waals surface area contributed by atoms with Crippen LogP contribution in [0.25, 0.3) is 0 Å². The Morgan fingerprint density at radius 1 is 1.00 bits per heavy atom. The van der Waals surface area contributed by atoms with Gasteiger partial charge in [0.1, 0.15) is 0 Å². The van der Waals surface area contributed by atoms with E-state index in [9.17, 15) is 0 Å². The van der Waals surface area contributed by atoms with Crippen molar-refractivity contribution in [2.45, 2.75) is 60.8 Å². The summed E-state index contributed by atoms with van der Waals surface area (Å²) in [5.41, 5.74) is 6.04. The van der Waals surface area contributed by atoms with Gasteiger partial charge in [-0.2, -0.15) is 0 Å². The van der Waals surface area contributed by atoms with Crippen molar-refractivity contribution in [3.8, 4) is 0 Å². The summed E-state index contributed by atoms with van der Waals surface area (Å²) >= 11 is 0. The molecule has 0 spiro atoms. The average Bonchev–Trinajstić information content (AvgIpc) is 2.27. The van der Waals surface area contributed by atoms with Crippen LogP contribution in [0.1, 0.15) is 56.4 Å². The molecule has 0 N–H and O–H groups in total. The second-order valence-electron chi connectivity index (χ2n) is 3.75. The highest BCUT2D eigenvalue weighted by Crippen LogP contribution is 2.19. The second kappa shape index (κ2) is 7.50. The van der Waals surface area contributed by atoms with E-state index in [1.807, 2.05) is 13.8 Å². The molecule has 0 nitrogen and oxygen atoms in total. The number of rotatable bonds is 3. The van der Waals surface area contributed by atoms with Crippen molar-refractivity contribution in [1.29, 1.82) is 0 Å². The molecule has 0 aliphatic carbocycles. The van der Waals surface area contributed by atoms with Crippen molar-refractivity contribution < 1.29 is 0 Å². The lowest BCUT2D eigenvalue weighted by atomic mass is 9.93. The van der Waals surface area contributed by atoms with E-state index in [1.54, 1.807) is 11.1 Å². The van der Waals surface area contributed by atoms with E-state index >= 15 is 0 Å². The van der Waals surface area contributed by atoms with Crippen molar-refractivity contribution >= 4 is 0 Å². The molecule has 0 saturated heterocycles. The SMILES string of the molecule is CC.CCCc1ccc(C)c(C)c1CC. The predicted octanol–water partition coefficient (Wildman–Crippen LogP) is 4.84. The first-order valence-corrected chi connectivity index (χ1v) is 6.28. The fourth-order valence-corrected chi connectivity index (χ4v) is 1.93. The average molecular weight is 206 g/mol. The summed E-state index contributed by atoms with van der Waals surface area (Å²) in [6, 6.07) is 4.55. The summed E-state index contributed by atoms with van der Waals surface area (Å²) < 4.78 is 0. The van der Waals surface area contributed by atoms with Gasteiger partial charge in [0.25, 0.3) is 0 Å². The van der Waals surface area contributed by atoms with Crippen LogP contribution in [0, 0.1) is 13.8 Å². The van der Waals surface area contributed by atoms with Gasteiger partial charge < -0.3 is 0 Å². The van der Waals surface area contributed by atoms with E-state index in [0.29, 0.717) is 0 Å². The summed E-state index contributed by atoms with van der Waals surface area (Å²) in [5, 5.41) is 0. The van der Waals surface area contributed by atoms with E-state index < -0.39 is 0 Å². The van der Waals surface area contributed by atoms with Crippen molar-refractivity contribution in [2.75, 3.05) is 0 Å². The van der Waals surface area contributed by atoms with E-state index in [0.717, 1.165) is 0 Å². The van der Waals surface area contributed by atoms with Gasteiger partial charge in [-0.15, -0.1) is 0 Å². The predicted molar refractivity (Wildman–Crippen MR) is 70.6 cm³/mol. The number of aryl methyl sites for hydroxylation is 2. The van der Waals surface area contributed by atoms with Gasteiger partial charge in [0, 0.05) is 0 Å². The van der Waals surface area contributed by atoms with Gasteiger partial charge in [-0.1, -0.05) is 46.2 Å². The smallest absolute Gasteiger partial charge is 0.0279 e. The van der Waals surface area contributed by atoms with Crippen molar-refractivity contribution in [2.24, 2.45) is 0 Å². The fourth-order valence-electron chi connectivity index (χ4n) is 1.93. The molecule has 86 valence electrons. The van der Waals surface area contributed by atoms with Crippen LogP contribution >= 0.6 is 0 Å². The molecule has 15 heavy (non-hydrogen) atoms. The largest absolute Gasteiger partial charge is 0.0683 e. The Bertz CT molecular complexity index is 284. The van der Waals surface area contributed by atoms with Crippen molar-refractivity contribution in [3.05, 3.63) is 34.4 Å². The lowest BCUT2D eigenvalue weighted by Gasteiger charge is -2.12. The van der Waals surface area contributed by atoms with Crippen LogP contribution in [-0.2, 0) is 12.8 Å². The van der Waals surface area contributed by atoms with Gasteiger partial charge in [0.05, 0.1) is 0 Å². The molecule has 0 aromatic heterocycles. The molecule has 0 atom stereocenters. The van der Waals surface area contributed by atoms with E-state index in [1.165, 1.54) is 30.4 Å². The Morgan fingerprint density at radius 3 is 2.07 bits per heavy atom. The van der Waals surface area contributed by atoms with Crippen LogP contribution < -0.4 is 0 Å². The minimum atomic E-state index is 1.17. The lowest BCUT2D eigenvalue weighted by Crippen LogP contribution is -1.97. The molecular formula is C15H26. The minimum absolute atomic E-state index is 1.17. The maximum Gasteiger partial charge on any atom is -0.0279 e. The van der Waals surface area contributed by atoms with E-state index in [-0.39, 0.29) is 0 Å². The first-order valence-electron chi connectivity index (χ1n) is 6.28. The van der Waals surface area contributed by atoms with Gasteiger partial charge in [-0.05, 0) is 48.9 Å². The summed E-state index contributed by atoms with van der Waals surface area (Å²) in [6.07, 6.45) is 3.64. The Hall–Kier alpha value is -0.780. The van der Waals surface area contributed by atoms with Crippen molar-refractivity contribution in [3.63, 3.8) is 0 Å². The minimum Gasteiger partial charge on any atom is -0.0683 e. The molecule has 0 aliphatic rings. The maximum absolute atomic E-state index is 2.30. The molecule has 0 amide bonds. The van der Waals surface area contributed by atoms with Gasteiger partial charge >= 0.3 is 0 Å². The Balaban J connectivity index is 0.000000921. The van der Waals surface area contributed by atoms with Crippen LogP contribution in [0.3, 0.4) is 0 Å². The quantitative estimate of drug-likeness (QED) is 0.663. The highest BCUT2D eigenvalue weighted by atomic mass is 14.1. The summed E-state index contributed by atoms with van der Waals surface area (Å²) in [5.74, 6) is 0. The van der Waals surface area contributed by atoms with Gasteiger partial charge in [-0.3, -0.25) is 0 Å². The third-order valence-electron chi connectivity index (χ3n) is 2.84. The molecule has 0 saturated carbocycles. The monoisotopic (exact) mass is 206 g/mol. The normalized spacial score (nSPS) is 9.47. The topological polar surface area (TPSA) is 0 Å². The molecule has 0 bridgehead atoms. The maximum atomic E-state index is 2.30. The third-order valence-corrected chi connectivity index (χ3v) is 2.84. The zero-order chi connectivity index (χ0) is 11.8. The molecule has 1 aromatic rings. The molecule has 0 heterocycles. The lowest BCUT2D eigenvalue weighted by molar-refractivity contribution is 0.892. The number of hydrogen-bond donors (Lipinski definition) is 0. The molecule has 0 unspecified atom stereocenters. The Morgan fingerprint density at radius 2 is 1.60 bits per heavy atom. The third kappa shape index (κ3) is 3.70. The van der Waals surface area contributed by atoms with Crippen molar-refractivity contribution in [1.82, 2.24) is 0 Å². The summed E-state index contributed by atoms with van der Waals surface area (Å²) in [4.78, 5) is 0. The standard InChI is InChI=1S/C13H20.C2H6/c1-5-7-12-9-8-10(3)11(4)13(12)6-2;1-2/h8-9H,5-7H2,1-4H3;1-2H3. The molecule has 1 rings (SSSR count). The van der Waals surface area contributed by atoms with E-state index in [2.05, 4.69) is 39.8 Å². The van der Waals surface area contributed by atoms with Crippen LogP contribution in [0.15, 0.2) is 12.1 Å². The van der Waals surface area contributed by atoms with Crippen LogP contribution in [0.4, 0.5) is 0 Å². The summed E-state index contributed by atoms with van der Waals surface area (Å²) in [7, 11) is 0. The van der Waals surface area contributed by atoms with Gasteiger partial charge in [-0.25, -0.2) is 0 Å². The van der Waals surface area contributed by atoms with Gasteiger partial charge in [0.2, 0.25) is 0 Å². The van der Waals surface area contributed by atoms with Crippen LogP contribution in [0.2, 0.25) is 0 Å². The van der Waals surface area contributed by atoms with E-state index in [4.69, 9.17) is 0 Å². The Kier molecular flexibility index (Phi) is 7.11. The molecule has 0 fully saturated rings. The zero-order valence-corrected chi connectivity index (χ0v) is 11.3. The molecule has 0 aliphatic heterocycles.